The molecular weight excluding hydrogens is 494 g/mol. The lowest BCUT2D eigenvalue weighted by Crippen LogP contribution is -2.53. The van der Waals surface area contributed by atoms with Crippen LogP contribution in [0, 0.1) is 0 Å². The predicted octanol–water partition coefficient (Wildman–Crippen LogP) is 3.63. The number of H-pyrrole nitrogens is 1. The Kier molecular flexibility index (Phi) is 6.49. The van der Waals surface area contributed by atoms with Gasteiger partial charge in [0.2, 0.25) is 5.91 Å². The van der Waals surface area contributed by atoms with Gasteiger partial charge in [-0.25, -0.2) is 4.79 Å². The van der Waals surface area contributed by atoms with Crippen LogP contribution in [0.4, 0.5) is 4.79 Å². The lowest BCUT2D eigenvalue weighted by atomic mass is 9.80. The lowest BCUT2D eigenvalue weighted by molar-refractivity contribution is -0.133. The second-order valence-electron chi connectivity index (χ2n) is 11.2. The van der Waals surface area contributed by atoms with Crippen molar-refractivity contribution in [1.29, 1.82) is 0 Å². The minimum atomic E-state index is -0.981. The molecule has 1 N–H and O–H groups in total. The molecule has 2 saturated heterocycles. The highest BCUT2D eigenvalue weighted by Crippen LogP contribution is 2.49. The number of benzene rings is 1. The van der Waals surface area contributed by atoms with Crippen LogP contribution in [0.1, 0.15) is 50.9 Å². The Hall–Kier alpha value is -3.59. The number of ether oxygens (including phenoxy) is 1. The molecular formula is C30H37N5O4. The molecule has 1 unspecified atom stereocenters. The molecule has 0 saturated carbocycles. The summed E-state index contributed by atoms with van der Waals surface area (Å²) in [7, 11) is 0. The molecule has 39 heavy (non-hydrogen) atoms. The van der Waals surface area contributed by atoms with Crippen molar-refractivity contribution in [3.63, 3.8) is 0 Å². The normalized spacial score (nSPS) is 25.3. The summed E-state index contributed by atoms with van der Waals surface area (Å²) in [6.07, 6.45) is 8.79. The number of fused-ring (bicyclic) bond motifs is 4. The van der Waals surface area contributed by atoms with E-state index in [1.807, 2.05) is 35.8 Å². The van der Waals surface area contributed by atoms with E-state index in [4.69, 9.17) is 4.74 Å². The number of imide groups is 1. The third-order valence-corrected chi connectivity index (χ3v) is 8.75. The monoisotopic (exact) mass is 531 g/mol. The van der Waals surface area contributed by atoms with Gasteiger partial charge >= 0.3 is 6.03 Å². The quantitative estimate of drug-likeness (QED) is 0.575. The minimum Gasteiger partial charge on any atom is -0.494 e. The van der Waals surface area contributed by atoms with Gasteiger partial charge in [0.15, 0.2) is 0 Å². The first-order valence-electron chi connectivity index (χ1n) is 14.1. The molecule has 4 heterocycles. The number of nitrogens with one attached hydrogen (secondary N) is 1. The van der Waals surface area contributed by atoms with E-state index in [1.54, 1.807) is 6.92 Å². The maximum Gasteiger partial charge on any atom is 0.328 e. The van der Waals surface area contributed by atoms with Gasteiger partial charge in [-0.3, -0.25) is 24.3 Å². The van der Waals surface area contributed by atoms with Crippen molar-refractivity contribution in [3.8, 4) is 5.75 Å². The van der Waals surface area contributed by atoms with Gasteiger partial charge in [0.25, 0.3) is 5.91 Å². The Morgan fingerprint density at radius 3 is 2.62 bits per heavy atom. The van der Waals surface area contributed by atoms with E-state index in [1.165, 1.54) is 4.90 Å². The highest BCUT2D eigenvalue weighted by Gasteiger charge is 2.60. The summed E-state index contributed by atoms with van der Waals surface area (Å²) < 4.78 is 5.79. The number of piperazine rings is 1. The molecule has 6 rings (SSSR count). The second kappa shape index (κ2) is 9.86. The van der Waals surface area contributed by atoms with Crippen LogP contribution in [0.25, 0.3) is 10.9 Å². The molecule has 4 aliphatic rings. The number of rotatable bonds is 6. The molecule has 2 fully saturated rings. The van der Waals surface area contributed by atoms with Crippen LogP contribution < -0.4 is 4.74 Å². The Bertz CT molecular complexity index is 1390. The fourth-order valence-corrected chi connectivity index (χ4v) is 6.66. The third-order valence-electron chi connectivity index (χ3n) is 8.75. The fraction of sp³-hybridized carbons (Fsp3) is 0.500. The topological polar surface area (TPSA) is 89.2 Å². The zero-order valence-corrected chi connectivity index (χ0v) is 23.0. The smallest absolute Gasteiger partial charge is 0.328 e. The lowest BCUT2D eigenvalue weighted by Gasteiger charge is -2.43. The van der Waals surface area contributed by atoms with E-state index in [0.29, 0.717) is 39.2 Å². The molecule has 1 aliphatic carbocycles. The first-order valence-corrected chi connectivity index (χ1v) is 14.1. The number of carbonyl (C=O) groups excluding carboxylic acids is 3. The Morgan fingerprint density at radius 1 is 1.13 bits per heavy atom. The first-order chi connectivity index (χ1) is 18.8. The van der Waals surface area contributed by atoms with Gasteiger partial charge in [-0.05, 0) is 56.0 Å². The number of amides is 4. The van der Waals surface area contributed by atoms with Gasteiger partial charge in [-0.2, -0.15) is 0 Å². The zero-order valence-electron chi connectivity index (χ0n) is 23.0. The largest absolute Gasteiger partial charge is 0.494 e. The number of nitrogens with zero attached hydrogens (tertiary/aromatic N) is 4. The third kappa shape index (κ3) is 4.23. The van der Waals surface area contributed by atoms with Crippen molar-refractivity contribution in [2.24, 2.45) is 0 Å². The summed E-state index contributed by atoms with van der Waals surface area (Å²) in [5, 5.41) is 1.05. The molecule has 0 bridgehead atoms. The maximum absolute atomic E-state index is 14.1. The number of hydrogen-bond acceptors (Lipinski definition) is 5. The van der Waals surface area contributed by atoms with Crippen molar-refractivity contribution in [2.75, 3.05) is 45.9 Å². The highest BCUT2D eigenvalue weighted by molar-refractivity contribution is 6.08. The van der Waals surface area contributed by atoms with Crippen LogP contribution in [0.2, 0.25) is 0 Å². The molecule has 0 spiro atoms. The van der Waals surface area contributed by atoms with Crippen LogP contribution >= 0.6 is 0 Å². The number of allylic oxidation sites excluding steroid dienone is 2. The molecule has 2 aromatic rings. The van der Waals surface area contributed by atoms with E-state index >= 15 is 0 Å². The van der Waals surface area contributed by atoms with E-state index < -0.39 is 5.54 Å². The summed E-state index contributed by atoms with van der Waals surface area (Å²) >= 11 is 0. The van der Waals surface area contributed by atoms with E-state index in [2.05, 4.69) is 34.2 Å². The molecule has 206 valence electrons. The Labute approximate surface area is 229 Å². The number of carbonyl (C=O) groups is 3. The number of hydrogen-bond donors (Lipinski definition) is 1. The van der Waals surface area contributed by atoms with Crippen molar-refractivity contribution < 1.29 is 19.1 Å². The summed E-state index contributed by atoms with van der Waals surface area (Å²) in [5.41, 5.74) is 3.12. The van der Waals surface area contributed by atoms with Crippen LogP contribution in [0.5, 0.6) is 5.75 Å². The van der Waals surface area contributed by atoms with Gasteiger partial charge in [-0.15, -0.1) is 0 Å². The second-order valence-corrected chi connectivity index (χ2v) is 11.2. The predicted molar refractivity (Wildman–Crippen MR) is 148 cm³/mol. The SMILES string of the molecule is CCOc1ccc2[nH]c3c(c2c1)CC1(C)C(=O)N(CCN2CCN(C(C)=O)CC2)C(=O)N1[C@@H]3C1=CCCC=C1. The van der Waals surface area contributed by atoms with E-state index in [-0.39, 0.29) is 23.9 Å². The standard InChI is InChI=1S/C30H37N5O4/c1-4-39-22-10-11-25-23(18-22)24-19-30(3)28(37)34(17-14-32-12-15-33(16-13-32)20(2)36)29(38)35(30)27(26(24)31-25)21-8-6-5-7-9-21/h6,8-11,18,27,31H,4-5,7,12-17,19H2,1-3H3/t27-,30?/m1/s1. The van der Waals surface area contributed by atoms with Crippen molar-refractivity contribution in [3.05, 3.63) is 53.3 Å². The van der Waals surface area contributed by atoms with Gasteiger partial charge in [0, 0.05) is 69.2 Å². The molecule has 3 aliphatic heterocycles. The molecule has 1 aromatic heterocycles. The van der Waals surface area contributed by atoms with Gasteiger partial charge in [0.05, 0.1) is 12.6 Å². The summed E-state index contributed by atoms with van der Waals surface area (Å²) in [6.45, 7) is 9.85. The number of aromatic amines is 1. The maximum atomic E-state index is 14.1. The minimum absolute atomic E-state index is 0.0885. The zero-order chi connectivity index (χ0) is 27.3. The average Bonchev–Trinajstić information content (AvgIpc) is 3.38. The van der Waals surface area contributed by atoms with Crippen molar-refractivity contribution in [1.82, 2.24) is 24.6 Å². The fourth-order valence-electron chi connectivity index (χ4n) is 6.66. The van der Waals surface area contributed by atoms with Gasteiger partial charge < -0.3 is 14.6 Å². The molecule has 0 radical (unpaired) electrons. The van der Waals surface area contributed by atoms with E-state index in [9.17, 15) is 14.4 Å². The molecule has 9 heteroatoms. The van der Waals surface area contributed by atoms with Crippen molar-refractivity contribution >= 4 is 28.7 Å². The van der Waals surface area contributed by atoms with Crippen LogP contribution in [0.15, 0.2) is 42.0 Å². The van der Waals surface area contributed by atoms with Crippen LogP contribution in [0.3, 0.4) is 0 Å². The Balaban J connectivity index is 1.33. The Morgan fingerprint density at radius 2 is 1.92 bits per heavy atom. The average molecular weight is 532 g/mol. The van der Waals surface area contributed by atoms with Crippen LogP contribution in [-0.2, 0) is 16.0 Å². The molecule has 1 aromatic carbocycles. The molecule has 4 amide bonds. The first kappa shape index (κ1) is 25.7. The number of aromatic nitrogens is 1. The van der Waals surface area contributed by atoms with E-state index in [0.717, 1.165) is 59.4 Å². The van der Waals surface area contributed by atoms with Gasteiger partial charge in [-0.1, -0.05) is 18.2 Å². The number of urea groups is 1. The van der Waals surface area contributed by atoms with Crippen LogP contribution in [-0.4, -0.2) is 93.8 Å². The van der Waals surface area contributed by atoms with Crippen molar-refractivity contribution in [2.45, 2.75) is 51.6 Å². The summed E-state index contributed by atoms with van der Waals surface area (Å²) in [5.74, 6) is 0.750. The van der Waals surface area contributed by atoms with Gasteiger partial charge in [0.1, 0.15) is 11.3 Å². The highest BCUT2D eigenvalue weighted by atomic mass is 16.5. The summed E-state index contributed by atoms with van der Waals surface area (Å²) in [4.78, 5) is 50.8. The molecule has 9 nitrogen and oxygen atoms in total. The summed E-state index contributed by atoms with van der Waals surface area (Å²) in [6, 6.07) is 5.44. The molecule has 2 atom stereocenters.